The summed E-state index contributed by atoms with van der Waals surface area (Å²) in [5.74, 6) is -0.164. The first-order valence-corrected chi connectivity index (χ1v) is 10.1. The summed E-state index contributed by atoms with van der Waals surface area (Å²) in [6, 6.07) is 13.5. The van der Waals surface area contributed by atoms with Crippen LogP contribution in [-0.2, 0) is 21.3 Å². The Morgan fingerprint density at radius 2 is 1.78 bits per heavy atom. The highest BCUT2D eigenvalue weighted by Crippen LogP contribution is 2.15. The van der Waals surface area contributed by atoms with Gasteiger partial charge in [0, 0.05) is 32.3 Å². The molecule has 0 aliphatic heterocycles. The van der Waals surface area contributed by atoms with Gasteiger partial charge in [0.2, 0.25) is 10.0 Å². The molecule has 2 aromatic carbocycles. The number of aryl methyl sites for hydroxylation is 1. The second-order valence-electron chi connectivity index (χ2n) is 6.59. The number of rotatable bonds is 8. The van der Waals surface area contributed by atoms with E-state index < -0.39 is 10.0 Å². The van der Waals surface area contributed by atoms with Crippen LogP contribution in [0.3, 0.4) is 0 Å². The Labute approximate surface area is 161 Å². The highest BCUT2D eigenvalue weighted by atomic mass is 32.2. The Morgan fingerprint density at radius 3 is 2.37 bits per heavy atom. The zero-order valence-corrected chi connectivity index (χ0v) is 16.9. The zero-order valence-electron chi connectivity index (χ0n) is 16.1. The number of hydrogen-bond donors (Lipinski definition) is 1. The predicted molar refractivity (Wildman–Crippen MR) is 105 cm³/mol. The Hall–Kier alpha value is -2.22. The minimum Gasteiger partial charge on any atom is -0.383 e. The van der Waals surface area contributed by atoms with Crippen LogP contribution in [0.4, 0.5) is 0 Å². The molecule has 0 bridgehead atoms. The Bertz CT molecular complexity index is 879. The molecule has 0 radical (unpaired) electrons. The van der Waals surface area contributed by atoms with Crippen LogP contribution >= 0.6 is 0 Å². The lowest BCUT2D eigenvalue weighted by Crippen LogP contribution is -2.35. The first-order chi connectivity index (χ1) is 12.7. The highest BCUT2D eigenvalue weighted by Gasteiger charge is 2.19. The fourth-order valence-corrected chi connectivity index (χ4v) is 3.96. The van der Waals surface area contributed by atoms with E-state index in [0.717, 1.165) is 11.1 Å². The average Bonchev–Trinajstić information content (AvgIpc) is 2.63. The van der Waals surface area contributed by atoms with E-state index in [0.29, 0.717) is 12.1 Å². The van der Waals surface area contributed by atoms with E-state index in [1.165, 1.54) is 31.4 Å². The lowest BCUT2D eigenvalue weighted by Gasteiger charge is -2.19. The maximum Gasteiger partial charge on any atom is 0.253 e. The van der Waals surface area contributed by atoms with Crippen LogP contribution in [-0.4, -0.2) is 46.0 Å². The predicted octanol–water partition coefficient (Wildman–Crippen LogP) is 2.58. The van der Waals surface area contributed by atoms with Gasteiger partial charge in [0.15, 0.2) is 0 Å². The number of methoxy groups -OCH3 is 1. The van der Waals surface area contributed by atoms with Gasteiger partial charge >= 0.3 is 0 Å². The normalized spacial score (nSPS) is 12.6. The number of sulfonamides is 1. The number of amides is 1. The van der Waals surface area contributed by atoms with Crippen LogP contribution in [0.1, 0.15) is 28.4 Å². The molecule has 0 unspecified atom stereocenters. The number of carbonyl (C=O) groups is 1. The second kappa shape index (κ2) is 9.12. The summed E-state index contributed by atoms with van der Waals surface area (Å²) in [4.78, 5) is 14.4. The maximum atomic E-state index is 12.6. The van der Waals surface area contributed by atoms with Crippen molar-refractivity contribution in [2.45, 2.75) is 31.3 Å². The van der Waals surface area contributed by atoms with E-state index in [9.17, 15) is 13.2 Å². The van der Waals surface area contributed by atoms with Gasteiger partial charge in [0.05, 0.1) is 11.5 Å². The zero-order chi connectivity index (χ0) is 20.0. The van der Waals surface area contributed by atoms with Crippen molar-refractivity contribution in [3.63, 3.8) is 0 Å². The number of benzene rings is 2. The number of nitrogens with one attached hydrogen (secondary N) is 1. The highest BCUT2D eigenvalue weighted by molar-refractivity contribution is 7.89. The van der Waals surface area contributed by atoms with Crippen LogP contribution in [0.25, 0.3) is 0 Å². The maximum absolute atomic E-state index is 12.6. The molecule has 0 aromatic heterocycles. The van der Waals surface area contributed by atoms with Crippen molar-refractivity contribution >= 4 is 15.9 Å². The van der Waals surface area contributed by atoms with Gasteiger partial charge in [-0.25, -0.2) is 13.1 Å². The monoisotopic (exact) mass is 390 g/mol. The molecule has 7 heteroatoms. The van der Waals surface area contributed by atoms with Gasteiger partial charge in [-0.2, -0.15) is 0 Å². The minimum absolute atomic E-state index is 0.114. The number of nitrogens with zero attached hydrogens (tertiary/aromatic N) is 1. The Balaban J connectivity index is 2.09. The smallest absolute Gasteiger partial charge is 0.253 e. The van der Waals surface area contributed by atoms with E-state index in [-0.39, 0.29) is 23.5 Å². The molecule has 0 fully saturated rings. The third kappa shape index (κ3) is 5.63. The number of hydrogen-bond acceptors (Lipinski definition) is 4. The third-order valence-corrected chi connectivity index (χ3v) is 5.81. The molecule has 1 amide bonds. The van der Waals surface area contributed by atoms with Gasteiger partial charge in [0.1, 0.15) is 0 Å². The van der Waals surface area contributed by atoms with Gasteiger partial charge in [0.25, 0.3) is 5.91 Å². The summed E-state index contributed by atoms with van der Waals surface area (Å²) in [6.45, 7) is 4.49. The first-order valence-electron chi connectivity index (χ1n) is 8.66. The summed E-state index contributed by atoms with van der Waals surface area (Å²) >= 11 is 0. The molecule has 1 atom stereocenters. The lowest BCUT2D eigenvalue weighted by atomic mass is 10.1. The van der Waals surface area contributed by atoms with E-state index >= 15 is 0 Å². The molecule has 2 rings (SSSR count). The van der Waals surface area contributed by atoms with Crippen LogP contribution in [0.15, 0.2) is 53.4 Å². The molecule has 0 spiro atoms. The van der Waals surface area contributed by atoms with Crippen molar-refractivity contribution in [2.24, 2.45) is 0 Å². The van der Waals surface area contributed by atoms with Crippen LogP contribution in [0.2, 0.25) is 0 Å². The van der Waals surface area contributed by atoms with Gasteiger partial charge in [-0.1, -0.05) is 24.3 Å². The lowest BCUT2D eigenvalue weighted by molar-refractivity contribution is 0.0785. The van der Waals surface area contributed by atoms with E-state index in [2.05, 4.69) is 4.72 Å². The molecule has 0 heterocycles. The molecule has 6 nitrogen and oxygen atoms in total. The van der Waals surface area contributed by atoms with Crippen LogP contribution in [0.5, 0.6) is 0 Å². The fraction of sp³-hybridized carbons (Fsp3) is 0.350. The summed E-state index contributed by atoms with van der Waals surface area (Å²) in [5.41, 5.74) is 2.63. The van der Waals surface area contributed by atoms with Gasteiger partial charge in [-0.05, 0) is 49.2 Å². The van der Waals surface area contributed by atoms with E-state index in [4.69, 9.17) is 4.74 Å². The van der Waals surface area contributed by atoms with Crippen molar-refractivity contribution in [3.05, 3.63) is 65.2 Å². The standard InChI is InChI=1S/C20H26N2O4S/c1-15-7-5-6-8-18(15)13-22(3)20(23)17-9-11-19(12-10-17)27(24,25)21-16(2)14-26-4/h5-12,16,21H,13-14H2,1-4H3/t16-/m1/s1. The largest absolute Gasteiger partial charge is 0.383 e. The molecular formula is C20H26N2O4S. The summed E-state index contributed by atoms with van der Waals surface area (Å²) in [7, 11) is -0.411. The van der Waals surface area contributed by atoms with E-state index in [1.807, 2.05) is 31.2 Å². The molecule has 0 aliphatic rings. The molecule has 27 heavy (non-hydrogen) atoms. The second-order valence-corrected chi connectivity index (χ2v) is 8.30. The van der Waals surface area contributed by atoms with Crippen molar-refractivity contribution in [3.8, 4) is 0 Å². The van der Waals surface area contributed by atoms with Gasteiger partial charge < -0.3 is 9.64 Å². The molecule has 2 aromatic rings. The number of carbonyl (C=O) groups excluding carboxylic acids is 1. The van der Waals surface area contributed by atoms with Gasteiger partial charge in [-0.15, -0.1) is 0 Å². The van der Waals surface area contributed by atoms with Crippen LogP contribution in [0, 0.1) is 6.92 Å². The Kier molecular flexibility index (Phi) is 7.12. The van der Waals surface area contributed by atoms with Crippen molar-refractivity contribution in [1.82, 2.24) is 9.62 Å². The molecular weight excluding hydrogens is 364 g/mol. The van der Waals surface area contributed by atoms with Crippen molar-refractivity contribution in [2.75, 3.05) is 20.8 Å². The summed E-state index contributed by atoms with van der Waals surface area (Å²) in [5, 5.41) is 0. The molecule has 1 N–H and O–H groups in total. The SMILES string of the molecule is COC[C@@H](C)NS(=O)(=O)c1ccc(C(=O)N(C)Cc2ccccc2C)cc1. The number of ether oxygens (including phenoxy) is 1. The summed E-state index contributed by atoms with van der Waals surface area (Å²) in [6.07, 6.45) is 0. The molecule has 146 valence electrons. The molecule has 0 saturated heterocycles. The third-order valence-electron chi connectivity index (χ3n) is 4.20. The first kappa shape index (κ1) is 21.1. The van der Waals surface area contributed by atoms with Crippen molar-refractivity contribution < 1.29 is 17.9 Å². The van der Waals surface area contributed by atoms with Gasteiger partial charge in [-0.3, -0.25) is 4.79 Å². The topological polar surface area (TPSA) is 75.7 Å². The quantitative estimate of drug-likeness (QED) is 0.752. The Morgan fingerprint density at radius 1 is 1.15 bits per heavy atom. The van der Waals surface area contributed by atoms with E-state index in [1.54, 1.807) is 18.9 Å². The summed E-state index contributed by atoms with van der Waals surface area (Å²) < 4.78 is 32.2. The fourth-order valence-electron chi connectivity index (χ4n) is 2.73. The van der Waals surface area contributed by atoms with Crippen molar-refractivity contribution in [1.29, 1.82) is 0 Å². The van der Waals surface area contributed by atoms with Crippen LogP contribution < -0.4 is 4.72 Å². The minimum atomic E-state index is -3.65. The molecule has 0 aliphatic carbocycles. The average molecular weight is 391 g/mol. The molecule has 0 saturated carbocycles.